The second kappa shape index (κ2) is 17.7. The molecule has 1 heterocycles. The van der Waals surface area contributed by atoms with Crippen LogP contribution in [0, 0.1) is 0 Å². The van der Waals surface area contributed by atoms with Gasteiger partial charge in [-0.2, -0.15) is 0 Å². The van der Waals surface area contributed by atoms with Gasteiger partial charge in [0.25, 0.3) is 0 Å². The Labute approximate surface area is 152 Å². The average molecular weight is 341 g/mol. The molecule has 0 aromatic rings. The Kier molecular flexibility index (Phi) is 16.2. The molecular formula is C22H44O2. The molecule has 0 N–H and O–H groups in total. The molecule has 0 aromatic carbocycles. The molecule has 144 valence electrons. The van der Waals surface area contributed by atoms with Gasteiger partial charge < -0.3 is 9.47 Å². The molecule has 0 aromatic heterocycles. The molecule has 1 rings (SSSR count). The van der Waals surface area contributed by atoms with Crippen molar-refractivity contribution in [2.45, 2.75) is 122 Å². The summed E-state index contributed by atoms with van der Waals surface area (Å²) in [7, 11) is 0. The van der Waals surface area contributed by atoms with Crippen LogP contribution in [0.1, 0.15) is 116 Å². The monoisotopic (exact) mass is 340 g/mol. The van der Waals surface area contributed by atoms with Crippen molar-refractivity contribution in [2.24, 2.45) is 0 Å². The first-order valence-corrected chi connectivity index (χ1v) is 11.1. The molecule has 2 nitrogen and oxygen atoms in total. The molecule has 0 aliphatic carbocycles. The third kappa shape index (κ3) is 14.3. The lowest BCUT2D eigenvalue weighted by atomic mass is 10.0. The maximum atomic E-state index is 5.72. The highest BCUT2D eigenvalue weighted by atomic mass is 16.5. The van der Waals surface area contributed by atoms with Gasteiger partial charge in [0.1, 0.15) is 0 Å². The SMILES string of the molecule is CCCCCCCCCCCCCCCCOCCC1CCCO1. The van der Waals surface area contributed by atoms with E-state index in [4.69, 9.17) is 9.47 Å². The van der Waals surface area contributed by atoms with E-state index in [1.165, 1.54) is 103 Å². The van der Waals surface area contributed by atoms with Crippen molar-refractivity contribution in [3.63, 3.8) is 0 Å². The van der Waals surface area contributed by atoms with E-state index in [9.17, 15) is 0 Å². The van der Waals surface area contributed by atoms with Gasteiger partial charge in [-0.3, -0.25) is 0 Å². The number of hydrogen-bond acceptors (Lipinski definition) is 2. The minimum atomic E-state index is 0.487. The van der Waals surface area contributed by atoms with Crippen LogP contribution in [-0.4, -0.2) is 25.9 Å². The largest absolute Gasteiger partial charge is 0.381 e. The predicted octanol–water partition coefficient (Wildman–Crippen LogP) is 7.05. The van der Waals surface area contributed by atoms with Crippen LogP contribution in [0.2, 0.25) is 0 Å². The van der Waals surface area contributed by atoms with E-state index in [-0.39, 0.29) is 0 Å². The lowest BCUT2D eigenvalue weighted by molar-refractivity contribution is 0.0582. The van der Waals surface area contributed by atoms with Crippen LogP contribution in [0.4, 0.5) is 0 Å². The van der Waals surface area contributed by atoms with Crippen molar-refractivity contribution in [1.29, 1.82) is 0 Å². The highest BCUT2D eigenvalue weighted by Gasteiger charge is 2.14. The van der Waals surface area contributed by atoms with Crippen molar-refractivity contribution in [2.75, 3.05) is 19.8 Å². The van der Waals surface area contributed by atoms with Gasteiger partial charge in [-0.15, -0.1) is 0 Å². The topological polar surface area (TPSA) is 18.5 Å². The molecule has 24 heavy (non-hydrogen) atoms. The molecule has 0 amide bonds. The lowest BCUT2D eigenvalue weighted by Crippen LogP contribution is -2.09. The van der Waals surface area contributed by atoms with Crippen molar-refractivity contribution >= 4 is 0 Å². The molecule has 1 aliphatic rings. The first-order chi connectivity index (χ1) is 11.9. The van der Waals surface area contributed by atoms with Gasteiger partial charge in [-0.1, -0.05) is 90.4 Å². The normalized spacial score (nSPS) is 17.6. The molecule has 0 bridgehead atoms. The van der Waals surface area contributed by atoms with Gasteiger partial charge in [-0.25, -0.2) is 0 Å². The van der Waals surface area contributed by atoms with E-state index < -0.39 is 0 Å². The van der Waals surface area contributed by atoms with Gasteiger partial charge in [0.2, 0.25) is 0 Å². The molecule has 1 atom stereocenters. The summed E-state index contributed by atoms with van der Waals surface area (Å²) >= 11 is 0. The van der Waals surface area contributed by atoms with E-state index in [2.05, 4.69) is 6.92 Å². The second-order valence-corrected chi connectivity index (χ2v) is 7.63. The Balaban J connectivity index is 1.63. The first kappa shape index (κ1) is 22.0. The van der Waals surface area contributed by atoms with Gasteiger partial charge >= 0.3 is 0 Å². The second-order valence-electron chi connectivity index (χ2n) is 7.63. The van der Waals surface area contributed by atoms with E-state index in [1.807, 2.05) is 0 Å². The average Bonchev–Trinajstić information content (AvgIpc) is 3.11. The summed E-state index contributed by atoms with van der Waals surface area (Å²) in [6.45, 7) is 5.09. The van der Waals surface area contributed by atoms with E-state index in [1.54, 1.807) is 0 Å². The maximum absolute atomic E-state index is 5.72. The zero-order valence-electron chi connectivity index (χ0n) is 16.5. The number of rotatable bonds is 18. The molecule has 1 aliphatic heterocycles. The third-order valence-corrected chi connectivity index (χ3v) is 5.25. The van der Waals surface area contributed by atoms with Gasteiger partial charge in [-0.05, 0) is 25.7 Å². The molecule has 1 unspecified atom stereocenters. The number of unbranched alkanes of at least 4 members (excludes halogenated alkanes) is 13. The van der Waals surface area contributed by atoms with Crippen LogP contribution in [0.5, 0.6) is 0 Å². The Bertz CT molecular complexity index is 236. The summed E-state index contributed by atoms with van der Waals surface area (Å²) < 4.78 is 11.3. The van der Waals surface area contributed by atoms with Crippen LogP contribution in [-0.2, 0) is 9.47 Å². The Hall–Kier alpha value is -0.0800. The fourth-order valence-electron chi connectivity index (χ4n) is 3.59. The lowest BCUT2D eigenvalue weighted by Gasteiger charge is -2.09. The van der Waals surface area contributed by atoms with Crippen LogP contribution < -0.4 is 0 Å². The van der Waals surface area contributed by atoms with E-state index in [0.717, 1.165) is 26.2 Å². The number of ether oxygens (including phenoxy) is 2. The van der Waals surface area contributed by atoms with Crippen molar-refractivity contribution in [3.05, 3.63) is 0 Å². The number of hydrogen-bond donors (Lipinski definition) is 0. The molecular weight excluding hydrogens is 296 g/mol. The van der Waals surface area contributed by atoms with Crippen molar-refractivity contribution in [3.8, 4) is 0 Å². The van der Waals surface area contributed by atoms with Crippen LogP contribution in [0.25, 0.3) is 0 Å². The van der Waals surface area contributed by atoms with E-state index in [0.29, 0.717) is 6.10 Å². The van der Waals surface area contributed by atoms with Crippen LogP contribution in [0.3, 0.4) is 0 Å². The van der Waals surface area contributed by atoms with E-state index >= 15 is 0 Å². The standard InChI is InChI=1S/C22H44O2/c1-2-3-4-5-6-7-8-9-10-11-12-13-14-15-19-23-21-18-22-17-16-20-24-22/h22H,2-21H2,1H3. The summed E-state index contributed by atoms with van der Waals surface area (Å²) in [6, 6.07) is 0. The Morgan fingerprint density at radius 1 is 0.708 bits per heavy atom. The van der Waals surface area contributed by atoms with Crippen LogP contribution >= 0.6 is 0 Å². The first-order valence-electron chi connectivity index (χ1n) is 11.1. The fraction of sp³-hybridized carbons (Fsp3) is 1.00. The predicted molar refractivity (Wildman–Crippen MR) is 105 cm³/mol. The quantitative estimate of drug-likeness (QED) is 0.249. The summed E-state index contributed by atoms with van der Waals surface area (Å²) in [4.78, 5) is 0. The minimum absolute atomic E-state index is 0.487. The summed E-state index contributed by atoms with van der Waals surface area (Å²) in [5, 5.41) is 0. The molecule has 0 spiro atoms. The molecule has 0 radical (unpaired) electrons. The highest BCUT2D eigenvalue weighted by Crippen LogP contribution is 2.15. The summed E-state index contributed by atoms with van der Waals surface area (Å²) in [5.41, 5.74) is 0. The molecule has 1 fully saturated rings. The maximum Gasteiger partial charge on any atom is 0.0597 e. The Morgan fingerprint density at radius 3 is 1.75 bits per heavy atom. The zero-order chi connectivity index (χ0) is 17.1. The zero-order valence-corrected chi connectivity index (χ0v) is 16.5. The van der Waals surface area contributed by atoms with Gasteiger partial charge in [0, 0.05) is 19.8 Å². The van der Waals surface area contributed by atoms with Crippen LogP contribution in [0.15, 0.2) is 0 Å². The summed E-state index contributed by atoms with van der Waals surface area (Å²) in [5.74, 6) is 0. The smallest absolute Gasteiger partial charge is 0.0597 e. The minimum Gasteiger partial charge on any atom is -0.381 e. The van der Waals surface area contributed by atoms with Crippen molar-refractivity contribution < 1.29 is 9.47 Å². The molecule has 0 saturated carbocycles. The third-order valence-electron chi connectivity index (χ3n) is 5.25. The molecule has 2 heteroatoms. The fourth-order valence-corrected chi connectivity index (χ4v) is 3.59. The Morgan fingerprint density at radius 2 is 1.25 bits per heavy atom. The summed E-state index contributed by atoms with van der Waals surface area (Å²) in [6.07, 6.45) is 23.9. The highest BCUT2D eigenvalue weighted by molar-refractivity contribution is 4.63. The van der Waals surface area contributed by atoms with Crippen molar-refractivity contribution in [1.82, 2.24) is 0 Å². The van der Waals surface area contributed by atoms with Gasteiger partial charge in [0.05, 0.1) is 6.10 Å². The molecule has 1 saturated heterocycles. The van der Waals surface area contributed by atoms with Gasteiger partial charge in [0.15, 0.2) is 0 Å².